The Morgan fingerprint density at radius 3 is 2.42 bits per heavy atom. The molecule has 0 aliphatic carbocycles. The fourth-order valence-electron chi connectivity index (χ4n) is 2.00. The molecule has 0 atom stereocenters. The smallest absolute Gasteiger partial charge is 0.338 e. The topological polar surface area (TPSA) is 67.9 Å². The zero-order valence-electron chi connectivity index (χ0n) is 13.9. The standard InChI is InChI=1S/C18H20N2O4/c1-20(2)15-6-4-5-13(11-15)18(22)24-12-17(21)19-14-7-9-16(23-3)10-8-14/h4-11H,12H2,1-3H3,(H,19,21). The van der Waals surface area contributed by atoms with Gasteiger partial charge in [0.2, 0.25) is 0 Å². The summed E-state index contributed by atoms with van der Waals surface area (Å²) in [5.74, 6) is -0.249. The lowest BCUT2D eigenvalue weighted by atomic mass is 10.2. The molecule has 6 heteroatoms. The van der Waals surface area contributed by atoms with Gasteiger partial charge in [-0.05, 0) is 42.5 Å². The summed E-state index contributed by atoms with van der Waals surface area (Å²) in [5.41, 5.74) is 1.89. The Bertz CT molecular complexity index is 711. The number of ether oxygens (including phenoxy) is 2. The fraction of sp³-hybridized carbons (Fsp3) is 0.222. The van der Waals surface area contributed by atoms with Crippen LogP contribution in [-0.2, 0) is 9.53 Å². The van der Waals surface area contributed by atoms with Crippen molar-refractivity contribution in [2.75, 3.05) is 38.0 Å². The number of esters is 1. The van der Waals surface area contributed by atoms with Crippen molar-refractivity contribution in [2.24, 2.45) is 0 Å². The first-order valence-electron chi connectivity index (χ1n) is 7.38. The number of rotatable bonds is 6. The van der Waals surface area contributed by atoms with Crippen LogP contribution in [0.15, 0.2) is 48.5 Å². The zero-order valence-corrected chi connectivity index (χ0v) is 13.9. The first kappa shape index (κ1) is 17.3. The van der Waals surface area contributed by atoms with E-state index in [1.165, 1.54) is 0 Å². The van der Waals surface area contributed by atoms with Gasteiger partial charge >= 0.3 is 5.97 Å². The second-order valence-electron chi connectivity index (χ2n) is 5.30. The third kappa shape index (κ3) is 4.74. The van der Waals surface area contributed by atoms with E-state index in [1.54, 1.807) is 49.6 Å². The van der Waals surface area contributed by atoms with E-state index in [4.69, 9.17) is 9.47 Å². The fourth-order valence-corrected chi connectivity index (χ4v) is 2.00. The molecule has 6 nitrogen and oxygen atoms in total. The maximum absolute atomic E-state index is 12.0. The van der Waals surface area contributed by atoms with E-state index in [1.807, 2.05) is 25.1 Å². The Labute approximate surface area is 141 Å². The largest absolute Gasteiger partial charge is 0.497 e. The Balaban J connectivity index is 1.88. The Hall–Kier alpha value is -3.02. The third-order valence-electron chi connectivity index (χ3n) is 3.31. The van der Waals surface area contributed by atoms with Crippen LogP contribution in [0.1, 0.15) is 10.4 Å². The number of carbonyl (C=O) groups excluding carboxylic acids is 2. The van der Waals surface area contributed by atoms with Crippen molar-refractivity contribution in [3.8, 4) is 5.75 Å². The first-order valence-corrected chi connectivity index (χ1v) is 7.38. The molecule has 1 amide bonds. The molecular weight excluding hydrogens is 308 g/mol. The van der Waals surface area contributed by atoms with Gasteiger partial charge in [0.15, 0.2) is 6.61 Å². The van der Waals surface area contributed by atoms with Crippen molar-refractivity contribution in [1.82, 2.24) is 0 Å². The molecule has 1 N–H and O–H groups in total. The molecule has 24 heavy (non-hydrogen) atoms. The van der Waals surface area contributed by atoms with Crippen LogP contribution in [0.3, 0.4) is 0 Å². The van der Waals surface area contributed by atoms with Crippen LogP contribution in [0.4, 0.5) is 11.4 Å². The van der Waals surface area contributed by atoms with Gasteiger partial charge < -0.3 is 19.7 Å². The minimum Gasteiger partial charge on any atom is -0.497 e. The van der Waals surface area contributed by atoms with Gasteiger partial charge in [-0.15, -0.1) is 0 Å². The number of hydrogen-bond donors (Lipinski definition) is 1. The maximum Gasteiger partial charge on any atom is 0.338 e. The molecule has 0 spiro atoms. The highest BCUT2D eigenvalue weighted by molar-refractivity contribution is 5.95. The van der Waals surface area contributed by atoms with Gasteiger partial charge in [-0.3, -0.25) is 4.79 Å². The van der Waals surface area contributed by atoms with Crippen molar-refractivity contribution in [1.29, 1.82) is 0 Å². The van der Waals surface area contributed by atoms with E-state index < -0.39 is 11.9 Å². The summed E-state index contributed by atoms with van der Waals surface area (Å²) in [4.78, 5) is 25.8. The molecule has 0 saturated heterocycles. The predicted molar refractivity (Wildman–Crippen MR) is 92.7 cm³/mol. The Kier molecular flexibility index (Phi) is 5.78. The van der Waals surface area contributed by atoms with E-state index in [2.05, 4.69) is 5.32 Å². The molecule has 0 aliphatic rings. The summed E-state index contributed by atoms with van der Waals surface area (Å²) in [5, 5.41) is 2.65. The number of amides is 1. The molecule has 0 unspecified atom stereocenters. The van der Waals surface area contributed by atoms with E-state index in [0.29, 0.717) is 17.0 Å². The summed E-state index contributed by atoms with van der Waals surface area (Å²) >= 11 is 0. The van der Waals surface area contributed by atoms with Crippen molar-refractivity contribution in [2.45, 2.75) is 0 Å². The van der Waals surface area contributed by atoms with Gasteiger partial charge in [0.1, 0.15) is 5.75 Å². The Morgan fingerprint density at radius 1 is 1.08 bits per heavy atom. The molecule has 126 valence electrons. The second kappa shape index (κ2) is 8.01. The molecule has 0 bridgehead atoms. The quantitative estimate of drug-likeness (QED) is 0.826. The molecule has 0 saturated carbocycles. The molecule has 2 aromatic carbocycles. The molecule has 0 aromatic heterocycles. The van der Waals surface area contributed by atoms with Gasteiger partial charge in [0, 0.05) is 25.5 Å². The van der Waals surface area contributed by atoms with Crippen LogP contribution in [0.25, 0.3) is 0 Å². The van der Waals surface area contributed by atoms with Crippen LogP contribution >= 0.6 is 0 Å². The zero-order chi connectivity index (χ0) is 17.5. The lowest BCUT2D eigenvalue weighted by Crippen LogP contribution is -2.21. The number of carbonyl (C=O) groups is 2. The van der Waals surface area contributed by atoms with Crippen molar-refractivity contribution in [3.05, 3.63) is 54.1 Å². The van der Waals surface area contributed by atoms with Gasteiger partial charge in [-0.25, -0.2) is 4.79 Å². The van der Waals surface area contributed by atoms with E-state index in [-0.39, 0.29) is 6.61 Å². The monoisotopic (exact) mass is 328 g/mol. The van der Waals surface area contributed by atoms with Crippen molar-refractivity contribution in [3.63, 3.8) is 0 Å². The summed E-state index contributed by atoms with van der Waals surface area (Å²) in [7, 11) is 5.33. The van der Waals surface area contributed by atoms with Crippen LogP contribution < -0.4 is 15.0 Å². The van der Waals surface area contributed by atoms with Crippen LogP contribution in [0, 0.1) is 0 Å². The van der Waals surface area contributed by atoms with Gasteiger partial charge in [0.25, 0.3) is 5.91 Å². The molecule has 2 aromatic rings. The maximum atomic E-state index is 12.0. The minimum absolute atomic E-state index is 0.350. The third-order valence-corrected chi connectivity index (χ3v) is 3.31. The number of nitrogens with zero attached hydrogens (tertiary/aromatic N) is 1. The summed E-state index contributed by atoms with van der Waals surface area (Å²) in [6, 6.07) is 13.9. The summed E-state index contributed by atoms with van der Waals surface area (Å²) < 4.78 is 10.1. The number of benzene rings is 2. The first-order chi connectivity index (χ1) is 11.5. The molecular formula is C18H20N2O4. The predicted octanol–water partition coefficient (Wildman–Crippen LogP) is 2.56. The molecule has 0 fully saturated rings. The van der Waals surface area contributed by atoms with E-state index in [0.717, 1.165) is 5.69 Å². The van der Waals surface area contributed by atoms with Crippen LogP contribution in [-0.4, -0.2) is 39.7 Å². The van der Waals surface area contributed by atoms with Crippen molar-refractivity contribution < 1.29 is 19.1 Å². The molecule has 0 heterocycles. The highest BCUT2D eigenvalue weighted by Crippen LogP contribution is 2.16. The summed E-state index contributed by atoms with van der Waals surface area (Å²) in [6.07, 6.45) is 0. The molecule has 2 rings (SSSR count). The summed E-state index contributed by atoms with van der Waals surface area (Å²) in [6.45, 7) is -0.350. The van der Waals surface area contributed by atoms with Gasteiger partial charge in [0.05, 0.1) is 12.7 Å². The Morgan fingerprint density at radius 2 is 1.79 bits per heavy atom. The minimum atomic E-state index is -0.538. The van der Waals surface area contributed by atoms with E-state index >= 15 is 0 Å². The lowest BCUT2D eigenvalue weighted by molar-refractivity contribution is -0.119. The second-order valence-corrected chi connectivity index (χ2v) is 5.30. The van der Waals surface area contributed by atoms with Gasteiger partial charge in [-0.2, -0.15) is 0 Å². The average molecular weight is 328 g/mol. The SMILES string of the molecule is COc1ccc(NC(=O)COC(=O)c2cccc(N(C)C)c2)cc1. The van der Waals surface area contributed by atoms with Gasteiger partial charge in [-0.1, -0.05) is 6.07 Å². The van der Waals surface area contributed by atoms with Crippen LogP contribution in [0.5, 0.6) is 5.75 Å². The number of nitrogens with one attached hydrogen (secondary N) is 1. The molecule has 0 radical (unpaired) electrons. The average Bonchev–Trinajstić information content (AvgIpc) is 2.60. The molecule has 0 aliphatic heterocycles. The highest BCUT2D eigenvalue weighted by Gasteiger charge is 2.11. The number of hydrogen-bond acceptors (Lipinski definition) is 5. The lowest BCUT2D eigenvalue weighted by Gasteiger charge is -2.13. The highest BCUT2D eigenvalue weighted by atomic mass is 16.5. The van der Waals surface area contributed by atoms with Crippen LogP contribution in [0.2, 0.25) is 0 Å². The number of methoxy groups -OCH3 is 1. The van der Waals surface area contributed by atoms with E-state index in [9.17, 15) is 9.59 Å². The van der Waals surface area contributed by atoms with Crippen molar-refractivity contribution >= 4 is 23.3 Å². The normalized spacial score (nSPS) is 9.96. The number of anilines is 2.